The van der Waals surface area contributed by atoms with Gasteiger partial charge in [0, 0.05) is 16.7 Å². The van der Waals surface area contributed by atoms with Crippen LogP contribution in [-0.2, 0) is 25.5 Å². The van der Waals surface area contributed by atoms with Gasteiger partial charge in [-0.05, 0) is 0 Å². The van der Waals surface area contributed by atoms with Gasteiger partial charge in [-0.3, -0.25) is 14.5 Å². The number of cyclic esters (lactones) is 1. The second kappa shape index (κ2) is 5.24. The molecule has 0 radical (unpaired) electrons. The van der Waals surface area contributed by atoms with Gasteiger partial charge in [0.1, 0.15) is 23.7 Å². The number of hydrogen-bond donors (Lipinski definition) is 2. The Kier molecular flexibility index (Phi) is 3.31. The molecule has 1 aromatic heterocycles. The summed E-state index contributed by atoms with van der Waals surface area (Å²) in [5.41, 5.74) is 7.30. The highest BCUT2D eigenvalue weighted by Gasteiger charge is 2.55. The van der Waals surface area contributed by atoms with Crippen molar-refractivity contribution < 1.29 is 19.1 Å². The molecule has 10 heteroatoms. The van der Waals surface area contributed by atoms with Crippen LogP contribution in [0.25, 0.3) is 0 Å². The Morgan fingerprint density at radius 2 is 2.35 bits per heavy atom. The number of thiazole rings is 1. The van der Waals surface area contributed by atoms with Crippen LogP contribution in [0, 0.1) is 0 Å². The van der Waals surface area contributed by atoms with Crippen LogP contribution < -0.4 is 11.1 Å². The van der Waals surface area contributed by atoms with E-state index in [1.807, 2.05) is 0 Å². The molecule has 3 aliphatic rings. The zero-order valence-electron chi connectivity index (χ0n) is 11.8. The SMILES string of the molecule is Nc1nc(CC(=O)N[C@@H]2C(=O)N3C4=C(COC4=O)CSC23)cs1. The van der Waals surface area contributed by atoms with Crippen molar-refractivity contribution in [1.29, 1.82) is 0 Å². The fraction of sp³-hybridized carbons (Fsp3) is 0.385. The number of nitrogen functional groups attached to an aromatic ring is 1. The molecule has 0 aromatic carbocycles. The molecular weight excluding hydrogens is 340 g/mol. The highest BCUT2D eigenvalue weighted by Crippen LogP contribution is 2.42. The lowest BCUT2D eigenvalue weighted by Gasteiger charge is -2.48. The lowest BCUT2D eigenvalue weighted by Crippen LogP contribution is -2.70. The highest BCUT2D eigenvalue weighted by molar-refractivity contribution is 8.00. The molecule has 1 fully saturated rings. The summed E-state index contributed by atoms with van der Waals surface area (Å²) in [6.07, 6.45) is 0.0743. The first-order valence-electron chi connectivity index (χ1n) is 6.87. The molecular formula is C13H12N4O4S2. The number of carbonyl (C=O) groups excluding carboxylic acids is 3. The van der Waals surface area contributed by atoms with Gasteiger partial charge in [0.05, 0.1) is 12.1 Å². The third kappa shape index (κ3) is 2.29. The van der Waals surface area contributed by atoms with Crippen molar-refractivity contribution in [3.05, 3.63) is 22.3 Å². The third-order valence-electron chi connectivity index (χ3n) is 3.85. The Bertz CT molecular complexity index is 759. The van der Waals surface area contributed by atoms with Crippen LogP contribution in [0.15, 0.2) is 16.7 Å². The maximum absolute atomic E-state index is 12.3. The van der Waals surface area contributed by atoms with E-state index >= 15 is 0 Å². The molecule has 2 atom stereocenters. The summed E-state index contributed by atoms with van der Waals surface area (Å²) in [5, 5.41) is 4.58. The number of carbonyl (C=O) groups is 3. The van der Waals surface area contributed by atoms with E-state index in [1.54, 1.807) is 5.38 Å². The summed E-state index contributed by atoms with van der Waals surface area (Å²) in [6.45, 7) is 0.250. The molecule has 3 N–H and O–H groups in total. The summed E-state index contributed by atoms with van der Waals surface area (Å²) >= 11 is 2.79. The molecule has 4 heterocycles. The molecule has 2 amide bonds. The quantitative estimate of drug-likeness (QED) is 0.555. The molecule has 3 aliphatic heterocycles. The van der Waals surface area contributed by atoms with Gasteiger partial charge in [-0.25, -0.2) is 9.78 Å². The van der Waals surface area contributed by atoms with Gasteiger partial charge in [0.25, 0.3) is 5.91 Å². The fourth-order valence-electron chi connectivity index (χ4n) is 2.80. The van der Waals surface area contributed by atoms with Crippen LogP contribution >= 0.6 is 23.1 Å². The molecule has 0 saturated carbocycles. The van der Waals surface area contributed by atoms with Crippen molar-refractivity contribution in [3.63, 3.8) is 0 Å². The Balaban J connectivity index is 1.43. The number of nitrogens with two attached hydrogens (primary N) is 1. The number of amides is 2. The number of anilines is 1. The summed E-state index contributed by atoms with van der Waals surface area (Å²) in [4.78, 5) is 41.5. The molecule has 1 saturated heterocycles. The van der Waals surface area contributed by atoms with E-state index in [-0.39, 0.29) is 30.2 Å². The smallest absolute Gasteiger partial charge is 0.355 e. The predicted molar refractivity (Wildman–Crippen MR) is 83.2 cm³/mol. The molecule has 120 valence electrons. The van der Waals surface area contributed by atoms with Crippen LogP contribution in [0.3, 0.4) is 0 Å². The molecule has 1 unspecified atom stereocenters. The van der Waals surface area contributed by atoms with E-state index in [0.29, 0.717) is 22.3 Å². The average molecular weight is 352 g/mol. The largest absolute Gasteiger partial charge is 0.456 e. The number of ether oxygens (including phenoxy) is 1. The summed E-state index contributed by atoms with van der Waals surface area (Å²) < 4.78 is 4.97. The minimum Gasteiger partial charge on any atom is -0.456 e. The monoisotopic (exact) mass is 352 g/mol. The molecule has 4 rings (SSSR count). The van der Waals surface area contributed by atoms with E-state index < -0.39 is 12.0 Å². The van der Waals surface area contributed by atoms with E-state index in [4.69, 9.17) is 10.5 Å². The molecule has 8 nitrogen and oxygen atoms in total. The van der Waals surface area contributed by atoms with Crippen molar-refractivity contribution in [2.75, 3.05) is 18.1 Å². The lowest BCUT2D eigenvalue weighted by atomic mass is 10.0. The minimum atomic E-state index is -0.620. The maximum Gasteiger partial charge on any atom is 0.355 e. The maximum atomic E-state index is 12.3. The van der Waals surface area contributed by atoms with Gasteiger partial charge >= 0.3 is 5.97 Å². The molecule has 1 aromatic rings. The van der Waals surface area contributed by atoms with Crippen LogP contribution in [0.1, 0.15) is 5.69 Å². The first-order valence-corrected chi connectivity index (χ1v) is 8.80. The van der Waals surface area contributed by atoms with Gasteiger partial charge in [-0.15, -0.1) is 23.1 Å². The van der Waals surface area contributed by atoms with Crippen molar-refractivity contribution >= 4 is 46.0 Å². The Morgan fingerprint density at radius 3 is 3.09 bits per heavy atom. The van der Waals surface area contributed by atoms with Gasteiger partial charge in [-0.2, -0.15) is 0 Å². The van der Waals surface area contributed by atoms with Gasteiger partial charge < -0.3 is 15.8 Å². The van der Waals surface area contributed by atoms with Crippen LogP contribution in [-0.4, -0.2) is 51.4 Å². The summed E-state index contributed by atoms with van der Waals surface area (Å²) in [6, 6.07) is -0.620. The zero-order valence-corrected chi connectivity index (χ0v) is 13.4. The number of esters is 1. The fourth-order valence-corrected chi connectivity index (χ4v) is 4.69. The van der Waals surface area contributed by atoms with E-state index in [9.17, 15) is 14.4 Å². The number of nitrogens with zero attached hydrogens (tertiary/aromatic N) is 2. The number of fused-ring (bicyclic) bond motifs is 2. The number of hydrogen-bond acceptors (Lipinski definition) is 8. The van der Waals surface area contributed by atoms with Crippen LogP contribution in [0.5, 0.6) is 0 Å². The van der Waals surface area contributed by atoms with E-state index in [1.165, 1.54) is 28.0 Å². The molecule has 0 aliphatic carbocycles. The lowest BCUT2D eigenvalue weighted by molar-refractivity contribution is -0.150. The van der Waals surface area contributed by atoms with Gasteiger partial charge in [0.15, 0.2) is 5.13 Å². The Hall–Kier alpha value is -2.07. The third-order valence-corrected chi connectivity index (χ3v) is 5.91. The predicted octanol–water partition coefficient (Wildman–Crippen LogP) is -0.521. The van der Waals surface area contributed by atoms with Crippen LogP contribution in [0.2, 0.25) is 0 Å². The standard InChI is InChI=1S/C13H12N4O4S2/c14-13-15-6(4-23-13)1-7(18)16-8-10(19)17-9-5(2-21-12(9)20)3-22-11(8)17/h4,8,11H,1-3H2,(H2,14,15)(H,16,18)/t8-,11?/m1/s1. The van der Waals surface area contributed by atoms with Gasteiger partial charge in [0.2, 0.25) is 5.91 Å². The minimum absolute atomic E-state index is 0.0743. The van der Waals surface area contributed by atoms with Crippen molar-refractivity contribution in [1.82, 2.24) is 15.2 Å². The van der Waals surface area contributed by atoms with Crippen molar-refractivity contribution in [3.8, 4) is 0 Å². The Labute approximate surface area is 139 Å². The summed E-state index contributed by atoms with van der Waals surface area (Å²) in [5.74, 6) is -0.395. The first kappa shape index (κ1) is 14.5. The molecule has 23 heavy (non-hydrogen) atoms. The summed E-state index contributed by atoms with van der Waals surface area (Å²) in [7, 11) is 0. The Morgan fingerprint density at radius 1 is 1.52 bits per heavy atom. The van der Waals surface area contributed by atoms with E-state index in [2.05, 4.69) is 10.3 Å². The number of nitrogens with one attached hydrogen (secondary N) is 1. The topological polar surface area (TPSA) is 115 Å². The normalized spacial score (nSPS) is 25.7. The van der Waals surface area contributed by atoms with Crippen LogP contribution in [0.4, 0.5) is 5.13 Å². The second-order valence-electron chi connectivity index (χ2n) is 5.34. The average Bonchev–Trinajstić information content (AvgIpc) is 3.10. The number of aromatic nitrogens is 1. The molecule has 0 bridgehead atoms. The van der Waals surface area contributed by atoms with E-state index in [0.717, 1.165) is 5.57 Å². The highest BCUT2D eigenvalue weighted by atomic mass is 32.2. The zero-order chi connectivity index (χ0) is 16.1. The van der Waals surface area contributed by atoms with Gasteiger partial charge in [-0.1, -0.05) is 0 Å². The number of rotatable bonds is 3. The van der Waals surface area contributed by atoms with Crippen molar-refractivity contribution in [2.45, 2.75) is 17.8 Å². The second-order valence-corrected chi connectivity index (χ2v) is 7.33. The van der Waals surface area contributed by atoms with Crippen molar-refractivity contribution in [2.24, 2.45) is 0 Å². The molecule has 0 spiro atoms. The number of β-lactam (4-membered cyclic amide) rings is 1. The first-order chi connectivity index (χ1) is 11.0. The number of thioether (sulfide) groups is 1.